The summed E-state index contributed by atoms with van der Waals surface area (Å²) < 4.78 is 2.09. The quantitative estimate of drug-likeness (QED) is 0.876. The Bertz CT molecular complexity index is 526. The summed E-state index contributed by atoms with van der Waals surface area (Å²) in [6.45, 7) is 5.05. The first-order valence-electron chi connectivity index (χ1n) is 5.86. The molecule has 1 aromatic heterocycles. The Kier molecular flexibility index (Phi) is 3.29. The van der Waals surface area contributed by atoms with Crippen molar-refractivity contribution in [3.63, 3.8) is 0 Å². The highest BCUT2D eigenvalue weighted by Crippen LogP contribution is 2.23. The summed E-state index contributed by atoms with van der Waals surface area (Å²) in [6.07, 6.45) is 2.07. The third-order valence-corrected chi connectivity index (χ3v) is 2.91. The van der Waals surface area contributed by atoms with Crippen LogP contribution in [-0.4, -0.2) is 16.6 Å². The molecule has 0 aliphatic rings. The van der Waals surface area contributed by atoms with E-state index in [0.29, 0.717) is 0 Å². The Morgan fingerprint density at radius 1 is 1.29 bits per heavy atom. The highest BCUT2D eigenvalue weighted by atomic mass is 15.1. The summed E-state index contributed by atoms with van der Waals surface area (Å²) in [5, 5.41) is 3.12. The van der Waals surface area contributed by atoms with E-state index in [2.05, 4.69) is 53.1 Å². The van der Waals surface area contributed by atoms with Crippen LogP contribution in [0, 0.1) is 13.8 Å². The average molecular weight is 229 g/mol. The molecule has 17 heavy (non-hydrogen) atoms. The van der Waals surface area contributed by atoms with E-state index >= 15 is 0 Å². The number of imidazole rings is 1. The van der Waals surface area contributed by atoms with Crippen molar-refractivity contribution in [1.82, 2.24) is 14.9 Å². The zero-order valence-electron chi connectivity index (χ0n) is 10.9. The number of aryl methyl sites for hydroxylation is 3. The lowest BCUT2D eigenvalue weighted by molar-refractivity contribution is 0.795. The Hall–Kier alpha value is -1.61. The molecule has 1 heterocycles. The van der Waals surface area contributed by atoms with Crippen LogP contribution < -0.4 is 5.32 Å². The lowest BCUT2D eigenvalue weighted by Crippen LogP contribution is -2.04. The highest BCUT2D eigenvalue weighted by molar-refractivity contribution is 5.61. The van der Waals surface area contributed by atoms with Crippen LogP contribution >= 0.6 is 0 Å². The van der Waals surface area contributed by atoms with Gasteiger partial charge in [0.2, 0.25) is 0 Å². The van der Waals surface area contributed by atoms with Gasteiger partial charge in [0, 0.05) is 25.4 Å². The van der Waals surface area contributed by atoms with Crippen LogP contribution in [-0.2, 0) is 13.6 Å². The average Bonchev–Trinajstić information content (AvgIpc) is 2.60. The molecule has 1 N–H and O–H groups in total. The van der Waals surface area contributed by atoms with Crippen LogP contribution in [0.3, 0.4) is 0 Å². The largest absolute Gasteiger partial charge is 0.334 e. The molecule has 0 aliphatic carbocycles. The van der Waals surface area contributed by atoms with Crippen molar-refractivity contribution in [2.75, 3.05) is 7.05 Å². The summed E-state index contributed by atoms with van der Waals surface area (Å²) in [5.41, 5.74) is 4.84. The van der Waals surface area contributed by atoms with E-state index in [4.69, 9.17) is 0 Å². The second-order valence-corrected chi connectivity index (χ2v) is 4.52. The SMILES string of the molecule is CNCc1cn(C)c(-c2ccc(C)cc2C)n1. The minimum atomic E-state index is 0.804. The molecule has 3 nitrogen and oxygen atoms in total. The predicted octanol–water partition coefficient (Wildman–Crippen LogP) is 2.42. The fourth-order valence-corrected chi connectivity index (χ4v) is 2.11. The van der Waals surface area contributed by atoms with Crippen molar-refractivity contribution in [3.05, 3.63) is 41.2 Å². The van der Waals surface area contributed by atoms with Crippen LogP contribution in [0.15, 0.2) is 24.4 Å². The van der Waals surface area contributed by atoms with Gasteiger partial charge in [-0.25, -0.2) is 4.98 Å². The number of hydrogen-bond acceptors (Lipinski definition) is 2. The molecule has 1 aromatic carbocycles. The van der Waals surface area contributed by atoms with Crippen molar-refractivity contribution in [2.45, 2.75) is 20.4 Å². The first kappa shape index (κ1) is 11.9. The molecule has 0 atom stereocenters. The number of nitrogens with zero attached hydrogens (tertiary/aromatic N) is 2. The van der Waals surface area contributed by atoms with Crippen molar-refractivity contribution in [3.8, 4) is 11.4 Å². The number of rotatable bonds is 3. The minimum absolute atomic E-state index is 0.804. The molecule has 0 amide bonds. The van der Waals surface area contributed by atoms with Crippen LogP contribution in [0.4, 0.5) is 0 Å². The Morgan fingerprint density at radius 2 is 2.06 bits per heavy atom. The zero-order chi connectivity index (χ0) is 12.4. The fraction of sp³-hybridized carbons (Fsp3) is 0.357. The molecule has 2 rings (SSSR count). The summed E-state index contributed by atoms with van der Waals surface area (Å²) in [5.74, 6) is 1.03. The number of hydrogen-bond donors (Lipinski definition) is 1. The van der Waals surface area contributed by atoms with Gasteiger partial charge in [-0.3, -0.25) is 0 Å². The summed E-state index contributed by atoms with van der Waals surface area (Å²) in [6, 6.07) is 6.48. The number of benzene rings is 1. The van der Waals surface area contributed by atoms with Crippen LogP contribution in [0.2, 0.25) is 0 Å². The maximum Gasteiger partial charge on any atom is 0.140 e. The van der Waals surface area contributed by atoms with E-state index < -0.39 is 0 Å². The predicted molar refractivity (Wildman–Crippen MR) is 70.9 cm³/mol. The van der Waals surface area contributed by atoms with Crippen molar-refractivity contribution in [2.24, 2.45) is 7.05 Å². The number of nitrogens with one attached hydrogen (secondary N) is 1. The summed E-state index contributed by atoms with van der Waals surface area (Å²) in [4.78, 5) is 4.66. The molecule has 0 radical (unpaired) electrons. The molecule has 0 unspecified atom stereocenters. The Morgan fingerprint density at radius 3 is 2.71 bits per heavy atom. The van der Waals surface area contributed by atoms with Gasteiger partial charge in [0.1, 0.15) is 5.82 Å². The normalized spacial score (nSPS) is 10.8. The third kappa shape index (κ3) is 2.39. The van der Waals surface area contributed by atoms with Gasteiger partial charge in [0.05, 0.1) is 5.69 Å². The maximum absolute atomic E-state index is 4.66. The lowest BCUT2D eigenvalue weighted by atomic mass is 10.1. The highest BCUT2D eigenvalue weighted by Gasteiger charge is 2.09. The standard InChI is InChI=1S/C14H19N3/c1-10-5-6-13(11(2)7-10)14-16-12(8-15-3)9-17(14)4/h5-7,9,15H,8H2,1-4H3. The van der Waals surface area contributed by atoms with Gasteiger partial charge in [0.25, 0.3) is 0 Å². The third-order valence-electron chi connectivity index (χ3n) is 2.91. The van der Waals surface area contributed by atoms with E-state index in [0.717, 1.165) is 18.1 Å². The molecule has 3 heteroatoms. The second-order valence-electron chi connectivity index (χ2n) is 4.52. The van der Waals surface area contributed by atoms with Gasteiger partial charge in [-0.15, -0.1) is 0 Å². The summed E-state index contributed by atoms with van der Waals surface area (Å²) in [7, 11) is 3.98. The minimum Gasteiger partial charge on any atom is -0.334 e. The Balaban J connectivity index is 2.45. The van der Waals surface area contributed by atoms with Gasteiger partial charge >= 0.3 is 0 Å². The van der Waals surface area contributed by atoms with Crippen molar-refractivity contribution < 1.29 is 0 Å². The molecule has 0 saturated carbocycles. The van der Waals surface area contributed by atoms with Crippen molar-refractivity contribution >= 4 is 0 Å². The van der Waals surface area contributed by atoms with Gasteiger partial charge in [-0.2, -0.15) is 0 Å². The fourth-order valence-electron chi connectivity index (χ4n) is 2.11. The smallest absolute Gasteiger partial charge is 0.140 e. The molecule has 90 valence electrons. The van der Waals surface area contributed by atoms with Gasteiger partial charge in [-0.05, 0) is 26.5 Å². The van der Waals surface area contributed by atoms with E-state index in [1.165, 1.54) is 16.7 Å². The maximum atomic E-state index is 4.66. The molecular weight excluding hydrogens is 210 g/mol. The monoisotopic (exact) mass is 229 g/mol. The van der Waals surface area contributed by atoms with E-state index in [1.807, 2.05) is 14.1 Å². The molecular formula is C14H19N3. The molecule has 0 saturated heterocycles. The van der Waals surface area contributed by atoms with Gasteiger partial charge in [0.15, 0.2) is 0 Å². The van der Waals surface area contributed by atoms with Crippen LogP contribution in [0.1, 0.15) is 16.8 Å². The zero-order valence-corrected chi connectivity index (χ0v) is 10.9. The first-order valence-corrected chi connectivity index (χ1v) is 5.86. The Labute approximate surface area is 103 Å². The van der Waals surface area contributed by atoms with E-state index in [9.17, 15) is 0 Å². The molecule has 0 bridgehead atoms. The van der Waals surface area contributed by atoms with Crippen LogP contribution in [0.5, 0.6) is 0 Å². The van der Waals surface area contributed by atoms with Gasteiger partial charge < -0.3 is 9.88 Å². The van der Waals surface area contributed by atoms with Gasteiger partial charge in [-0.1, -0.05) is 23.8 Å². The summed E-state index contributed by atoms with van der Waals surface area (Å²) >= 11 is 0. The topological polar surface area (TPSA) is 29.9 Å². The lowest BCUT2D eigenvalue weighted by Gasteiger charge is -2.06. The first-order chi connectivity index (χ1) is 8.11. The van der Waals surface area contributed by atoms with E-state index in [1.54, 1.807) is 0 Å². The van der Waals surface area contributed by atoms with Crippen LogP contribution in [0.25, 0.3) is 11.4 Å². The molecule has 0 spiro atoms. The molecule has 0 aliphatic heterocycles. The molecule has 2 aromatic rings. The second kappa shape index (κ2) is 4.72. The molecule has 0 fully saturated rings. The number of aromatic nitrogens is 2. The van der Waals surface area contributed by atoms with Crippen molar-refractivity contribution in [1.29, 1.82) is 0 Å². The van der Waals surface area contributed by atoms with E-state index in [-0.39, 0.29) is 0 Å².